The highest BCUT2D eigenvalue weighted by molar-refractivity contribution is 5.95. The van der Waals surface area contributed by atoms with Gasteiger partial charge < -0.3 is 16.0 Å². The van der Waals surface area contributed by atoms with Crippen molar-refractivity contribution in [1.82, 2.24) is 10.6 Å². The summed E-state index contributed by atoms with van der Waals surface area (Å²) >= 11 is 0. The van der Waals surface area contributed by atoms with Gasteiger partial charge in [0.1, 0.15) is 0 Å². The number of benzene rings is 2. The van der Waals surface area contributed by atoms with Gasteiger partial charge in [0, 0.05) is 25.2 Å². The predicted molar refractivity (Wildman–Crippen MR) is 96.1 cm³/mol. The molecule has 6 nitrogen and oxygen atoms in total. The van der Waals surface area contributed by atoms with Crippen LogP contribution in [-0.4, -0.2) is 24.8 Å². The molecule has 6 heteroatoms. The number of amides is 3. The van der Waals surface area contributed by atoms with E-state index in [0.717, 1.165) is 5.56 Å². The maximum absolute atomic E-state index is 12.3. The molecule has 0 aliphatic rings. The lowest BCUT2D eigenvalue weighted by Crippen LogP contribution is -2.29. The highest BCUT2D eigenvalue weighted by Gasteiger charge is 2.17. The first-order chi connectivity index (χ1) is 12.0. The minimum absolute atomic E-state index is 0.112. The lowest BCUT2D eigenvalue weighted by atomic mass is 10.0. The Morgan fingerprint density at radius 3 is 2.16 bits per heavy atom. The molecule has 0 heterocycles. The third-order valence-corrected chi connectivity index (χ3v) is 3.63. The summed E-state index contributed by atoms with van der Waals surface area (Å²) in [5, 5.41) is 8.11. The summed E-state index contributed by atoms with van der Waals surface area (Å²) in [6, 6.07) is 15.5. The second kappa shape index (κ2) is 8.63. The molecular formula is C19H21N3O3. The van der Waals surface area contributed by atoms with E-state index in [1.165, 1.54) is 6.92 Å². The van der Waals surface area contributed by atoms with Crippen LogP contribution in [0.3, 0.4) is 0 Å². The van der Waals surface area contributed by atoms with Crippen molar-refractivity contribution in [3.8, 4) is 0 Å². The molecule has 0 aromatic heterocycles. The van der Waals surface area contributed by atoms with E-state index >= 15 is 0 Å². The first kappa shape index (κ1) is 18.2. The van der Waals surface area contributed by atoms with E-state index in [1.807, 2.05) is 30.3 Å². The average Bonchev–Trinajstić information content (AvgIpc) is 2.61. The summed E-state index contributed by atoms with van der Waals surface area (Å²) in [6.45, 7) is 1.42. The van der Waals surface area contributed by atoms with Crippen molar-refractivity contribution in [2.24, 2.45) is 0 Å². The minimum atomic E-state index is -0.399. The third-order valence-electron chi connectivity index (χ3n) is 3.63. The SMILES string of the molecule is CNC(=O)c1ccc(NC(=O)CC(NC(C)=O)c2ccccc2)cc1. The van der Waals surface area contributed by atoms with Crippen LogP contribution in [-0.2, 0) is 9.59 Å². The van der Waals surface area contributed by atoms with Crippen LogP contribution in [0.2, 0.25) is 0 Å². The second-order valence-electron chi connectivity index (χ2n) is 5.57. The Kier molecular flexibility index (Phi) is 6.28. The zero-order valence-corrected chi connectivity index (χ0v) is 14.2. The van der Waals surface area contributed by atoms with E-state index in [9.17, 15) is 14.4 Å². The van der Waals surface area contributed by atoms with E-state index in [4.69, 9.17) is 0 Å². The normalized spacial score (nSPS) is 11.3. The van der Waals surface area contributed by atoms with Crippen molar-refractivity contribution >= 4 is 23.4 Å². The summed E-state index contributed by atoms with van der Waals surface area (Å²) in [5.41, 5.74) is 1.97. The number of anilines is 1. The maximum atomic E-state index is 12.3. The van der Waals surface area contributed by atoms with E-state index < -0.39 is 6.04 Å². The van der Waals surface area contributed by atoms with Gasteiger partial charge >= 0.3 is 0 Å². The molecule has 130 valence electrons. The molecule has 1 unspecified atom stereocenters. The lowest BCUT2D eigenvalue weighted by molar-refractivity contribution is -0.120. The van der Waals surface area contributed by atoms with E-state index in [2.05, 4.69) is 16.0 Å². The molecule has 0 spiro atoms. The van der Waals surface area contributed by atoms with Crippen LogP contribution >= 0.6 is 0 Å². The average molecular weight is 339 g/mol. The Labute approximate surface area is 146 Å². The largest absolute Gasteiger partial charge is 0.355 e. The fraction of sp³-hybridized carbons (Fsp3) is 0.211. The van der Waals surface area contributed by atoms with E-state index in [-0.39, 0.29) is 24.1 Å². The van der Waals surface area contributed by atoms with Gasteiger partial charge in [-0.15, -0.1) is 0 Å². The van der Waals surface area contributed by atoms with Crippen molar-refractivity contribution < 1.29 is 14.4 Å². The Hall–Kier alpha value is -3.15. The highest BCUT2D eigenvalue weighted by Crippen LogP contribution is 2.18. The topological polar surface area (TPSA) is 87.3 Å². The molecular weight excluding hydrogens is 318 g/mol. The smallest absolute Gasteiger partial charge is 0.251 e. The molecule has 0 aliphatic heterocycles. The van der Waals surface area contributed by atoms with Crippen LogP contribution in [0.4, 0.5) is 5.69 Å². The number of hydrogen-bond acceptors (Lipinski definition) is 3. The van der Waals surface area contributed by atoms with Crippen molar-refractivity contribution in [2.45, 2.75) is 19.4 Å². The van der Waals surface area contributed by atoms with Gasteiger partial charge in [0.25, 0.3) is 5.91 Å². The van der Waals surface area contributed by atoms with Gasteiger partial charge in [0.2, 0.25) is 11.8 Å². The fourth-order valence-corrected chi connectivity index (χ4v) is 2.43. The van der Waals surface area contributed by atoms with Crippen LogP contribution in [0.1, 0.15) is 35.3 Å². The number of nitrogens with one attached hydrogen (secondary N) is 3. The first-order valence-corrected chi connectivity index (χ1v) is 7.93. The Balaban J connectivity index is 2.03. The summed E-state index contributed by atoms with van der Waals surface area (Å²) in [4.78, 5) is 35.2. The number of hydrogen-bond donors (Lipinski definition) is 3. The Bertz CT molecular complexity index is 742. The van der Waals surface area contributed by atoms with Crippen LogP contribution in [0.5, 0.6) is 0 Å². The monoisotopic (exact) mass is 339 g/mol. The second-order valence-corrected chi connectivity index (χ2v) is 5.57. The fourth-order valence-electron chi connectivity index (χ4n) is 2.43. The first-order valence-electron chi connectivity index (χ1n) is 7.93. The number of carbonyl (C=O) groups excluding carboxylic acids is 3. The quantitative estimate of drug-likeness (QED) is 0.754. The third kappa shape index (κ3) is 5.46. The van der Waals surface area contributed by atoms with E-state index in [1.54, 1.807) is 31.3 Å². The predicted octanol–water partition coefficient (Wildman–Crippen LogP) is 2.25. The maximum Gasteiger partial charge on any atom is 0.251 e. The van der Waals surface area contributed by atoms with Crippen LogP contribution in [0.15, 0.2) is 54.6 Å². The Morgan fingerprint density at radius 1 is 0.960 bits per heavy atom. The summed E-state index contributed by atoms with van der Waals surface area (Å²) in [7, 11) is 1.56. The van der Waals surface area contributed by atoms with E-state index in [0.29, 0.717) is 11.3 Å². The van der Waals surface area contributed by atoms with Gasteiger partial charge in [0.15, 0.2) is 0 Å². The van der Waals surface area contributed by atoms with Gasteiger partial charge in [-0.3, -0.25) is 14.4 Å². The van der Waals surface area contributed by atoms with Crippen molar-refractivity contribution in [3.05, 3.63) is 65.7 Å². The molecule has 0 saturated carbocycles. The van der Waals surface area contributed by atoms with Gasteiger partial charge in [-0.1, -0.05) is 30.3 Å². The zero-order valence-electron chi connectivity index (χ0n) is 14.2. The highest BCUT2D eigenvalue weighted by atomic mass is 16.2. The van der Waals surface area contributed by atoms with Gasteiger partial charge in [-0.05, 0) is 29.8 Å². The molecule has 1 atom stereocenters. The lowest BCUT2D eigenvalue weighted by Gasteiger charge is -2.18. The molecule has 2 aromatic rings. The molecule has 0 bridgehead atoms. The number of carbonyl (C=O) groups is 3. The van der Waals surface area contributed by atoms with Crippen LogP contribution in [0, 0.1) is 0 Å². The van der Waals surface area contributed by atoms with Gasteiger partial charge in [-0.25, -0.2) is 0 Å². The molecule has 3 amide bonds. The minimum Gasteiger partial charge on any atom is -0.355 e. The summed E-state index contributed by atoms with van der Waals surface area (Å²) < 4.78 is 0. The zero-order chi connectivity index (χ0) is 18.2. The standard InChI is InChI=1S/C19H21N3O3/c1-13(23)21-17(14-6-4-3-5-7-14)12-18(24)22-16-10-8-15(9-11-16)19(25)20-2/h3-11,17H,12H2,1-2H3,(H,20,25)(H,21,23)(H,22,24). The molecule has 2 rings (SSSR count). The Morgan fingerprint density at radius 2 is 1.60 bits per heavy atom. The molecule has 0 saturated heterocycles. The number of rotatable bonds is 6. The molecule has 0 fully saturated rings. The van der Waals surface area contributed by atoms with Gasteiger partial charge in [0.05, 0.1) is 12.5 Å². The van der Waals surface area contributed by atoms with Crippen molar-refractivity contribution in [1.29, 1.82) is 0 Å². The summed E-state index contributed by atoms with van der Waals surface area (Å²) in [5.74, 6) is -0.612. The summed E-state index contributed by atoms with van der Waals surface area (Å²) in [6.07, 6.45) is 0.112. The van der Waals surface area contributed by atoms with Crippen molar-refractivity contribution in [2.75, 3.05) is 12.4 Å². The van der Waals surface area contributed by atoms with Crippen molar-refractivity contribution in [3.63, 3.8) is 0 Å². The van der Waals surface area contributed by atoms with Crippen LogP contribution in [0.25, 0.3) is 0 Å². The molecule has 0 radical (unpaired) electrons. The molecule has 0 aliphatic carbocycles. The van der Waals surface area contributed by atoms with Gasteiger partial charge in [-0.2, -0.15) is 0 Å². The molecule has 25 heavy (non-hydrogen) atoms. The van der Waals surface area contributed by atoms with Crippen LogP contribution < -0.4 is 16.0 Å². The molecule has 3 N–H and O–H groups in total. The molecule has 2 aromatic carbocycles.